The first-order valence-electron chi connectivity index (χ1n) is 6.42. The lowest BCUT2D eigenvalue weighted by Crippen LogP contribution is -1.96. The first-order chi connectivity index (χ1) is 10.2. The fourth-order valence-corrected chi connectivity index (χ4v) is 0.772. The fourth-order valence-electron chi connectivity index (χ4n) is 0.772. The van der Waals surface area contributed by atoms with E-state index in [4.69, 9.17) is 20.4 Å². The number of aliphatic hydroxyl groups excluding tert-OH is 1. The van der Waals surface area contributed by atoms with Gasteiger partial charge in [-0.3, -0.25) is 0 Å². The monoisotopic (exact) mass is 302 g/mol. The van der Waals surface area contributed by atoms with E-state index in [1.165, 1.54) is 25.2 Å². The lowest BCUT2D eigenvalue weighted by Gasteiger charge is -1.90. The molecule has 1 fully saturated rings. The molecule has 0 radical (unpaired) electrons. The van der Waals surface area contributed by atoms with Crippen molar-refractivity contribution in [3.05, 3.63) is 12.7 Å². The smallest absolute Gasteiger partial charge is 0.286 e. The Morgan fingerprint density at radius 1 is 1.14 bits per heavy atom. The number of rotatable bonds is 5. The number of aliphatic hydroxyl groups is 1. The van der Waals surface area contributed by atoms with Gasteiger partial charge in [-0.15, -0.1) is 0 Å². The molecule has 0 spiro atoms. The van der Waals surface area contributed by atoms with Crippen LogP contribution in [-0.2, 0) is 18.9 Å². The predicted molar refractivity (Wildman–Crippen MR) is 78.3 cm³/mol. The van der Waals surface area contributed by atoms with Crippen molar-refractivity contribution in [2.24, 2.45) is 0 Å². The minimum absolute atomic E-state index is 0.122. The molecule has 1 N–H and O–H groups in total. The highest BCUT2D eigenvalue weighted by molar-refractivity contribution is 4.93. The van der Waals surface area contributed by atoms with E-state index >= 15 is 0 Å². The average molecular weight is 302 g/mol. The van der Waals surface area contributed by atoms with Gasteiger partial charge in [0.15, 0.2) is 0 Å². The Balaban J connectivity index is -0.000000210. The van der Waals surface area contributed by atoms with Crippen LogP contribution in [0.25, 0.3) is 0 Å². The molecule has 0 saturated carbocycles. The number of hydrogen-bond acceptors (Lipinski definition) is 7. The highest BCUT2D eigenvalue weighted by Crippen LogP contribution is 1.98. The summed E-state index contributed by atoms with van der Waals surface area (Å²) in [5, 5.41) is 23.2. The van der Waals surface area contributed by atoms with Crippen LogP contribution in [0, 0.1) is 22.8 Å². The Hall–Kier alpha value is -1.64. The number of nitriles is 2. The number of nitrogens with zero attached hydrogens (tertiary/aromatic N) is 2. The Morgan fingerprint density at radius 2 is 1.67 bits per heavy atom. The van der Waals surface area contributed by atoms with E-state index < -0.39 is 0 Å². The van der Waals surface area contributed by atoms with Crippen molar-refractivity contribution in [2.75, 3.05) is 53.9 Å². The normalized spacial score (nSPS) is 10.9. The van der Waals surface area contributed by atoms with E-state index in [2.05, 4.69) is 20.8 Å². The van der Waals surface area contributed by atoms with Crippen molar-refractivity contribution in [3.8, 4) is 12.3 Å². The molecule has 0 aromatic carbocycles. The van der Waals surface area contributed by atoms with E-state index in [-0.39, 0.29) is 6.61 Å². The Labute approximate surface area is 127 Å². The zero-order chi connectivity index (χ0) is 16.6. The summed E-state index contributed by atoms with van der Waals surface area (Å²) in [5.74, 6) is 0. The Bertz CT molecular complexity index is 247. The van der Waals surface area contributed by atoms with E-state index in [0.717, 1.165) is 13.2 Å². The molecule has 0 aromatic heterocycles. The lowest BCUT2D eigenvalue weighted by atomic mass is 10.4. The first-order valence-corrected chi connectivity index (χ1v) is 6.42. The summed E-state index contributed by atoms with van der Waals surface area (Å²) in [6, 6.07) is 1.69. The molecule has 0 amide bonds. The highest BCUT2D eigenvalue weighted by Gasteiger charge is 1.94. The molecule has 1 rings (SSSR count). The summed E-state index contributed by atoms with van der Waals surface area (Å²) >= 11 is 0. The SMILES string of the molecule is C1CCOC1.C=CC#N.COCCO.COCCOC#N. The lowest BCUT2D eigenvalue weighted by molar-refractivity contribution is 0.131. The molecule has 1 aliphatic rings. The van der Waals surface area contributed by atoms with Gasteiger partial charge in [-0.2, -0.15) is 10.5 Å². The number of hydrogen-bond donors (Lipinski definition) is 1. The van der Waals surface area contributed by atoms with Crippen molar-refractivity contribution in [1.29, 1.82) is 10.5 Å². The molecular weight excluding hydrogens is 276 g/mol. The van der Waals surface area contributed by atoms with Gasteiger partial charge in [0.05, 0.1) is 25.9 Å². The molecule has 1 heterocycles. The second kappa shape index (κ2) is 31.0. The van der Waals surface area contributed by atoms with E-state index in [9.17, 15) is 0 Å². The van der Waals surface area contributed by atoms with E-state index in [1.54, 1.807) is 20.3 Å². The van der Waals surface area contributed by atoms with Crippen LogP contribution in [0.4, 0.5) is 0 Å². The van der Waals surface area contributed by atoms with Crippen LogP contribution in [0.5, 0.6) is 0 Å². The third kappa shape index (κ3) is 45.8. The van der Waals surface area contributed by atoms with Gasteiger partial charge in [-0.05, 0) is 12.8 Å². The van der Waals surface area contributed by atoms with Crippen molar-refractivity contribution >= 4 is 0 Å². The molecule has 122 valence electrons. The van der Waals surface area contributed by atoms with Gasteiger partial charge in [-0.25, -0.2) is 0 Å². The zero-order valence-electron chi connectivity index (χ0n) is 12.9. The van der Waals surface area contributed by atoms with Crippen LogP contribution < -0.4 is 0 Å². The van der Waals surface area contributed by atoms with Crippen LogP contribution >= 0.6 is 0 Å². The van der Waals surface area contributed by atoms with Crippen LogP contribution in [0.1, 0.15) is 12.8 Å². The molecule has 0 bridgehead atoms. The zero-order valence-corrected chi connectivity index (χ0v) is 12.9. The number of allylic oxidation sites excluding steroid dienone is 1. The summed E-state index contributed by atoms with van der Waals surface area (Å²) in [6.45, 7) is 6.52. The molecule has 0 aromatic rings. The van der Waals surface area contributed by atoms with Crippen LogP contribution in [-0.4, -0.2) is 59.0 Å². The largest absolute Gasteiger partial charge is 0.425 e. The molecule has 0 aliphatic carbocycles. The second-order valence-corrected chi connectivity index (χ2v) is 3.30. The summed E-state index contributed by atoms with van der Waals surface area (Å²) in [6.07, 6.45) is 5.26. The van der Waals surface area contributed by atoms with Crippen LogP contribution in [0.15, 0.2) is 12.7 Å². The summed E-state index contributed by atoms with van der Waals surface area (Å²) < 4.78 is 18.2. The predicted octanol–water partition coefficient (Wildman–Crippen LogP) is 1.25. The molecule has 7 heteroatoms. The maximum atomic E-state index is 7.94. The minimum atomic E-state index is 0.122. The molecule has 0 unspecified atom stereocenters. The second-order valence-electron chi connectivity index (χ2n) is 3.30. The van der Waals surface area contributed by atoms with Crippen molar-refractivity contribution < 1.29 is 24.1 Å². The third-order valence-electron chi connectivity index (χ3n) is 1.67. The van der Waals surface area contributed by atoms with Crippen molar-refractivity contribution in [2.45, 2.75) is 12.8 Å². The highest BCUT2D eigenvalue weighted by atomic mass is 16.5. The maximum Gasteiger partial charge on any atom is 0.286 e. The van der Waals surface area contributed by atoms with Gasteiger partial charge in [0.25, 0.3) is 6.26 Å². The molecule has 7 nitrogen and oxygen atoms in total. The summed E-state index contributed by atoms with van der Waals surface area (Å²) in [4.78, 5) is 0. The molecule has 0 atom stereocenters. The quantitative estimate of drug-likeness (QED) is 0.463. The molecular formula is C14H26N2O5. The van der Waals surface area contributed by atoms with Gasteiger partial charge >= 0.3 is 0 Å². The van der Waals surface area contributed by atoms with Gasteiger partial charge < -0.3 is 24.1 Å². The topological polar surface area (TPSA) is 105 Å². The van der Waals surface area contributed by atoms with Crippen molar-refractivity contribution in [1.82, 2.24) is 0 Å². The fraction of sp³-hybridized carbons (Fsp3) is 0.714. The Kier molecular flexibility index (Phi) is 36.0. The third-order valence-corrected chi connectivity index (χ3v) is 1.67. The van der Waals surface area contributed by atoms with Crippen LogP contribution in [0.3, 0.4) is 0 Å². The van der Waals surface area contributed by atoms with Crippen LogP contribution in [0.2, 0.25) is 0 Å². The summed E-state index contributed by atoms with van der Waals surface area (Å²) in [5.41, 5.74) is 0. The standard InChI is InChI=1S/C4H7NO2.C4H8O.C3H3N.C3H8O2/c1-6-2-3-7-4-5;1-2-4-5-3-1;1-2-3-4;1-5-3-2-4/h2-3H2,1H3;1-4H2;2H,1H2;4H,2-3H2,1H3. The van der Waals surface area contributed by atoms with Gasteiger partial charge in [0.1, 0.15) is 6.61 Å². The molecule has 1 aliphatic heterocycles. The van der Waals surface area contributed by atoms with E-state index in [1.807, 2.05) is 0 Å². The molecule has 1 saturated heterocycles. The number of methoxy groups -OCH3 is 2. The van der Waals surface area contributed by atoms with Gasteiger partial charge in [0.2, 0.25) is 0 Å². The average Bonchev–Trinajstić information content (AvgIpc) is 3.09. The first kappa shape index (κ1) is 24.4. The van der Waals surface area contributed by atoms with Crippen molar-refractivity contribution in [3.63, 3.8) is 0 Å². The summed E-state index contributed by atoms with van der Waals surface area (Å²) in [7, 11) is 3.11. The van der Waals surface area contributed by atoms with E-state index in [0.29, 0.717) is 19.8 Å². The number of ether oxygens (including phenoxy) is 4. The minimum Gasteiger partial charge on any atom is -0.425 e. The van der Waals surface area contributed by atoms with Gasteiger partial charge in [0, 0.05) is 33.5 Å². The maximum absolute atomic E-state index is 7.94. The van der Waals surface area contributed by atoms with Gasteiger partial charge in [-0.1, -0.05) is 6.58 Å². The molecule has 21 heavy (non-hydrogen) atoms. The Morgan fingerprint density at radius 3 is 1.86 bits per heavy atom.